The van der Waals surface area contributed by atoms with Crippen LogP contribution in [0.2, 0.25) is 0 Å². The highest BCUT2D eigenvalue weighted by Gasteiger charge is 2.19. The lowest BCUT2D eigenvalue weighted by Gasteiger charge is -2.21. The molecule has 0 atom stereocenters. The quantitative estimate of drug-likeness (QED) is 0.789. The lowest BCUT2D eigenvalue weighted by molar-refractivity contribution is 0.0695. The second kappa shape index (κ2) is 7.34. The van der Waals surface area contributed by atoms with Gasteiger partial charge in [-0.2, -0.15) is 5.26 Å². The number of benzene rings is 1. The first-order valence-electron chi connectivity index (χ1n) is 5.80. The van der Waals surface area contributed by atoms with E-state index in [-0.39, 0.29) is 18.5 Å². The van der Waals surface area contributed by atoms with Crippen LogP contribution in [0, 0.1) is 17.1 Å². The second-order valence-corrected chi connectivity index (χ2v) is 3.93. The standard InChI is InChI=1S/C13H16FN3O2/c1-19-8-7-17(6-2-5-15)13(18)11-9-10(16)3-4-12(11)14/h3-4,9H,2,6-8,16H2,1H3. The molecule has 1 amide bonds. The zero-order chi connectivity index (χ0) is 14.3. The number of nitriles is 1. The molecule has 1 rings (SSSR count). The number of rotatable bonds is 6. The van der Waals surface area contributed by atoms with Crippen LogP contribution >= 0.6 is 0 Å². The summed E-state index contributed by atoms with van der Waals surface area (Å²) in [5, 5.41) is 8.58. The first-order valence-corrected chi connectivity index (χ1v) is 5.80. The van der Waals surface area contributed by atoms with E-state index in [2.05, 4.69) is 0 Å². The fourth-order valence-corrected chi connectivity index (χ4v) is 1.58. The fourth-order valence-electron chi connectivity index (χ4n) is 1.58. The number of nitrogen functional groups attached to an aromatic ring is 1. The van der Waals surface area contributed by atoms with Gasteiger partial charge in [-0.25, -0.2) is 4.39 Å². The third kappa shape index (κ3) is 4.23. The normalized spacial score (nSPS) is 9.95. The minimum Gasteiger partial charge on any atom is -0.399 e. The van der Waals surface area contributed by atoms with Crippen molar-refractivity contribution in [1.29, 1.82) is 5.26 Å². The van der Waals surface area contributed by atoms with Crippen LogP contribution in [-0.2, 0) is 4.74 Å². The SMILES string of the molecule is COCCN(CCC#N)C(=O)c1cc(N)ccc1F. The van der Waals surface area contributed by atoms with E-state index in [1.54, 1.807) is 0 Å². The Morgan fingerprint density at radius 3 is 2.89 bits per heavy atom. The fraction of sp³-hybridized carbons (Fsp3) is 0.385. The van der Waals surface area contributed by atoms with Crippen molar-refractivity contribution in [3.63, 3.8) is 0 Å². The molecule has 19 heavy (non-hydrogen) atoms. The monoisotopic (exact) mass is 265 g/mol. The maximum Gasteiger partial charge on any atom is 0.257 e. The van der Waals surface area contributed by atoms with E-state index in [1.165, 1.54) is 24.1 Å². The Balaban J connectivity index is 2.91. The molecule has 0 radical (unpaired) electrons. The van der Waals surface area contributed by atoms with Gasteiger partial charge in [0.2, 0.25) is 0 Å². The summed E-state index contributed by atoms with van der Waals surface area (Å²) in [6, 6.07) is 5.79. The highest BCUT2D eigenvalue weighted by Crippen LogP contribution is 2.14. The van der Waals surface area contributed by atoms with Gasteiger partial charge >= 0.3 is 0 Å². The highest BCUT2D eigenvalue weighted by atomic mass is 19.1. The maximum atomic E-state index is 13.6. The van der Waals surface area contributed by atoms with Gasteiger partial charge in [0.1, 0.15) is 5.82 Å². The van der Waals surface area contributed by atoms with E-state index < -0.39 is 11.7 Å². The van der Waals surface area contributed by atoms with Gasteiger partial charge in [0.15, 0.2) is 0 Å². The Kier molecular flexibility index (Phi) is 5.76. The number of halogens is 1. The van der Waals surface area contributed by atoms with Crippen molar-refractivity contribution in [2.24, 2.45) is 0 Å². The number of nitrogens with two attached hydrogens (primary N) is 1. The van der Waals surface area contributed by atoms with Crippen molar-refractivity contribution in [2.45, 2.75) is 6.42 Å². The first-order chi connectivity index (χ1) is 9.10. The van der Waals surface area contributed by atoms with Gasteiger partial charge < -0.3 is 15.4 Å². The van der Waals surface area contributed by atoms with Crippen LogP contribution in [0.5, 0.6) is 0 Å². The number of nitrogens with zero attached hydrogens (tertiary/aromatic N) is 2. The average molecular weight is 265 g/mol. The summed E-state index contributed by atoms with van der Waals surface area (Å²) in [5.41, 5.74) is 5.78. The van der Waals surface area contributed by atoms with E-state index in [0.29, 0.717) is 18.8 Å². The first kappa shape index (κ1) is 14.9. The van der Waals surface area contributed by atoms with Crippen molar-refractivity contribution >= 4 is 11.6 Å². The summed E-state index contributed by atoms with van der Waals surface area (Å²) >= 11 is 0. The summed E-state index contributed by atoms with van der Waals surface area (Å²) in [5.74, 6) is -1.12. The number of ether oxygens (including phenoxy) is 1. The average Bonchev–Trinajstić information content (AvgIpc) is 2.41. The summed E-state index contributed by atoms with van der Waals surface area (Å²) in [6.07, 6.45) is 0.180. The zero-order valence-corrected chi connectivity index (χ0v) is 10.7. The maximum absolute atomic E-state index is 13.6. The van der Waals surface area contributed by atoms with Gasteiger partial charge in [-0.05, 0) is 18.2 Å². The Morgan fingerprint density at radius 1 is 1.53 bits per heavy atom. The van der Waals surface area contributed by atoms with Crippen molar-refractivity contribution < 1.29 is 13.9 Å². The van der Waals surface area contributed by atoms with Crippen LogP contribution in [0.3, 0.4) is 0 Å². The van der Waals surface area contributed by atoms with Crippen LogP contribution in [-0.4, -0.2) is 37.6 Å². The molecule has 1 aromatic rings. The molecule has 0 spiro atoms. The van der Waals surface area contributed by atoms with Gasteiger partial charge in [-0.15, -0.1) is 0 Å². The van der Waals surface area contributed by atoms with Crippen molar-refractivity contribution in [2.75, 3.05) is 32.5 Å². The number of amides is 1. The molecule has 0 aromatic heterocycles. The Bertz CT molecular complexity index is 485. The van der Waals surface area contributed by atoms with Gasteiger partial charge in [0, 0.05) is 25.9 Å². The molecule has 0 aliphatic heterocycles. The lowest BCUT2D eigenvalue weighted by Crippen LogP contribution is -2.35. The molecule has 0 bridgehead atoms. The van der Waals surface area contributed by atoms with Crippen molar-refractivity contribution in [3.8, 4) is 6.07 Å². The molecule has 5 nitrogen and oxygen atoms in total. The minimum absolute atomic E-state index is 0.0888. The number of carbonyl (C=O) groups is 1. The third-order valence-electron chi connectivity index (χ3n) is 2.57. The van der Waals surface area contributed by atoms with E-state index in [9.17, 15) is 9.18 Å². The molecule has 1 aromatic carbocycles. The van der Waals surface area contributed by atoms with E-state index in [1.807, 2.05) is 6.07 Å². The van der Waals surface area contributed by atoms with Crippen LogP contribution in [0.4, 0.5) is 10.1 Å². The van der Waals surface area contributed by atoms with Crippen LogP contribution in [0.15, 0.2) is 18.2 Å². The smallest absolute Gasteiger partial charge is 0.257 e. The van der Waals surface area contributed by atoms with Gasteiger partial charge in [-0.1, -0.05) is 0 Å². The number of hydrogen-bond acceptors (Lipinski definition) is 4. The molecule has 0 aliphatic rings. The Labute approximate surface area is 111 Å². The van der Waals surface area contributed by atoms with Gasteiger partial charge in [0.25, 0.3) is 5.91 Å². The number of methoxy groups -OCH3 is 1. The topological polar surface area (TPSA) is 79.3 Å². The van der Waals surface area contributed by atoms with Crippen LogP contribution < -0.4 is 5.73 Å². The molecule has 0 heterocycles. The molecule has 0 unspecified atom stereocenters. The van der Waals surface area contributed by atoms with Crippen LogP contribution in [0.1, 0.15) is 16.8 Å². The Hall–Kier alpha value is -2.13. The van der Waals surface area contributed by atoms with Crippen LogP contribution in [0.25, 0.3) is 0 Å². The highest BCUT2D eigenvalue weighted by molar-refractivity contribution is 5.95. The molecular formula is C13H16FN3O2. The van der Waals surface area contributed by atoms with Crippen molar-refractivity contribution in [1.82, 2.24) is 4.90 Å². The summed E-state index contributed by atoms with van der Waals surface area (Å²) in [7, 11) is 1.51. The Morgan fingerprint density at radius 2 is 2.26 bits per heavy atom. The number of hydrogen-bond donors (Lipinski definition) is 1. The van der Waals surface area contributed by atoms with E-state index in [4.69, 9.17) is 15.7 Å². The lowest BCUT2D eigenvalue weighted by atomic mass is 10.1. The van der Waals surface area contributed by atoms with Gasteiger partial charge in [-0.3, -0.25) is 4.79 Å². The molecule has 0 aliphatic carbocycles. The third-order valence-corrected chi connectivity index (χ3v) is 2.57. The predicted molar refractivity (Wildman–Crippen MR) is 68.8 cm³/mol. The van der Waals surface area contributed by atoms with E-state index in [0.717, 1.165) is 6.07 Å². The zero-order valence-electron chi connectivity index (χ0n) is 10.7. The molecular weight excluding hydrogens is 249 g/mol. The van der Waals surface area contributed by atoms with E-state index >= 15 is 0 Å². The largest absolute Gasteiger partial charge is 0.399 e. The van der Waals surface area contributed by atoms with Gasteiger partial charge in [0.05, 0.1) is 24.7 Å². The summed E-state index contributed by atoms with van der Waals surface area (Å²) in [4.78, 5) is 13.6. The number of anilines is 1. The second-order valence-electron chi connectivity index (χ2n) is 3.93. The molecule has 0 fully saturated rings. The summed E-state index contributed by atoms with van der Waals surface area (Å²) < 4.78 is 18.5. The molecule has 102 valence electrons. The number of carbonyl (C=O) groups excluding carboxylic acids is 1. The minimum atomic E-state index is -0.626. The molecule has 0 saturated heterocycles. The van der Waals surface area contributed by atoms with Crippen molar-refractivity contribution in [3.05, 3.63) is 29.6 Å². The molecule has 6 heteroatoms. The molecule has 2 N–H and O–H groups in total. The predicted octanol–water partition coefficient (Wildman–Crippen LogP) is 1.41. The summed E-state index contributed by atoms with van der Waals surface area (Å²) in [6.45, 7) is 0.847. The molecule has 0 saturated carbocycles.